The van der Waals surface area contributed by atoms with E-state index in [1.54, 1.807) is 6.07 Å². The molecule has 0 bridgehead atoms. The number of benzene rings is 2. The molecular formula is C20H18Cl2N4O. The molecule has 1 N–H and O–H groups in total. The highest BCUT2D eigenvalue weighted by atomic mass is 35.5. The maximum atomic E-state index is 12.8. The van der Waals surface area contributed by atoms with Gasteiger partial charge >= 0.3 is 0 Å². The highest BCUT2D eigenvalue weighted by Crippen LogP contribution is 2.26. The Hall–Kier alpha value is -2.50. The van der Waals surface area contributed by atoms with Crippen molar-refractivity contribution in [3.63, 3.8) is 0 Å². The van der Waals surface area contributed by atoms with Crippen molar-refractivity contribution in [2.45, 2.75) is 0 Å². The summed E-state index contributed by atoms with van der Waals surface area (Å²) in [5, 5.41) is 8.44. The molecular weight excluding hydrogens is 383 g/mol. The molecule has 4 rings (SSSR count). The molecule has 0 unspecified atom stereocenters. The zero-order valence-corrected chi connectivity index (χ0v) is 16.0. The Morgan fingerprint density at radius 3 is 2.37 bits per heavy atom. The Balaban J connectivity index is 1.43. The van der Waals surface area contributed by atoms with Crippen molar-refractivity contribution in [2.75, 3.05) is 31.1 Å². The number of hydrogen-bond acceptors (Lipinski definition) is 3. The van der Waals surface area contributed by atoms with Crippen molar-refractivity contribution < 1.29 is 4.79 Å². The van der Waals surface area contributed by atoms with Crippen molar-refractivity contribution in [3.8, 4) is 11.3 Å². The summed E-state index contributed by atoms with van der Waals surface area (Å²) < 4.78 is 0. The second-order valence-electron chi connectivity index (χ2n) is 6.40. The standard InChI is InChI=1S/C20H18Cl2N4O/c21-14-5-7-15(8-6-14)25-9-11-26(12-10-25)20(27)19-13-18(23-24-19)16-3-1-2-4-17(16)22/h1-8,13H,9-12H2,(H,23,24). The Morgan fingerprint density at radius 1 is 0.963 bits per heavy atom. The summed E-state index contributed by atoms with van der Waals surface area (Å²) in [6.45, 7) is 2.86. The first kappa shape index (κ1) is 17.9. The van der Waals surface area contributed by atoms with Crippen LogP contribution in [-0.2, 0) is 0 Å². The maximum absolute atomic E-state index is 12.8. The van der Waals surface area contributed by atoms with Gasteiger partial charge in [0.25, 0.3) is 5.91 Å². The average molecular weight is 401 g/mol. The molecule has 0 aliphatic carbocycles. The monoisotopic (exact) mass is 400 g/mol. The smallest absolute Gasteiger partial charge is 0.272 e. The van der Waals surface area contributed by atoms with Crippen molar-refractivity contribution in [1.29, 1.82) is 0 Å². The van der Waals surface area contributed by atoms with E-state index in [1.165, 1.54) is 0 Å². The van der Waals surface area contributed by atoms with Gasteiger partial charge in [0.05, 0.1) is 10.7 Å². The molecule has 0 saturated carbocycles. The summed E-state index contributed by atoms with van der Waals surface area (Å²) in [7, 11) is 0. The second-order valence-corrected chi connectivity index (χ2v) is 7.25. The first-order chi connectivity index (χ1) is 13.1. The molecule has 0 atom stereocenters. The van der Waals surface area contributed by atoms with Gasteiger partial charge in [0.1, 0.15) is 5.69 Å². The summed E-state index contributed by atoms with van der Waals surface area (Å²) in [4.78, 5) is 16.9. The number of aromatic nitrogens is 2. The van der Waals surface area contributed by atoms with Crippen LogP contribution in [0.2, 0.25) is 10.0 Å². The van der Waals surface area contributed by atoms with E-state index in [4.69, 9.17) is 23.2 Å². The van der Waals surface area contributed by atoms with E-state index in [1.807, 2.05) is 53.4 Å². The van der Waals surface area contributed by atoms with Crippen LogP contribution in [0.3, 0.4) is 0 Å². The normalized spacial score (nSPS) is 14.4. The summed E-state index contributed by atoms with van der Waals surface area (Å²) in [5.74, 6) is -0.0449. The molecule has 3 aromatic rings. The Kier molecular flexibility index (Phi) is 5.05. The number of aromatic amines is 1. The third kappa shape index (κ3) is 3.80. The molecule has 0 spiro atoms. The summed E-state index contributed by atoms with van der Waals surface area (Å²) in [6.07, 6.45) is 0. The average Bonchev–Trinajstić information content (AvgIpc) is 3.18. The van der Waals surface area contributed by atoms with E-state index in [2.05, 4.69) is 15.1 Å². The first-order valence-corrected chi connectivity index (χ1v) is 9.47. The lowest BCUT2D eigenvalue weighted by molar-refractivity contribution is 0.0741. The Bertz CT molecular complexity index is 947. The van der Waals surface area contributed by atoms with Gasteiger partial charge in [-0.15, -0.1) is 0 Å². The molecule has 0 radical (unpaired) electrons. The van der Waals surface area contributed by atoms with Gasteiger partial charge in [0.15, 0.2) is 0 Å². The third-order valence-electron chi connectivity index (χ3n) is 4.72. The number of nitrogens with zero attached hydrogens (tertiary/aromatic N) is 3. The lowest BCUT2D eigenvalue weighted by Gasteiger charge is -2.35. The van der Waals surface area contributed by atoms with Gasteiger partial charge in [-0.25, -0.2) is 0 Å². The van der Waals surface area contributed by atoms with Crippen LogP contribution in [0.4, 0.5) is 5.69 Å². The largest absolute Gasteiger partial charge is 0.368 e. The van der Waals surface area contributed by atoms with Crippen molar-refractivity contribution in [2.24, 2.45) is 0 Å². The Labute approximate surface area is 167 Å². The zero-order chi connectivity index (χ0) is 18.8. The highest BCUT2D eigenvalue weighted by Gasteiger charge is 2.24. The molecule has 1 fully saturated rings. The van der Waals surface area contributed by atoms with E-state index in [-0.39, 0.29) is 5.91 Å². The van der Waals surface area contributed by atoms with Crippen LogP contribution >= 0.6 is 23.2 Å². The van der Waals surface area contributed by atoms with Gasteiger partial charge in [-0.3, -0.25) is 9.89 Å². The number of hydrogen-bond donors (Lipinski definition) is 1. The fourth-order valence-corrected chi connectivity index (χ4v) is 3.59. The highest BCUT2D eigenvalue weighted by molar-refractivity contribution is 6.33. The predicted molar refractivity (Wildman–Crippen MR) is 109 cm³/mol. The number of carbonyl (C=O) groups excluding carboxylic acids is 1. The van der Waals surface area contributed by atoms with E-state index >= 15 is 0 Å². The number of H-pyrrole nitrogens is 1. The third-order valence-corrected chi connectivity index (χ3v) is 5.30. The molecule has 138 valence electrons. The number of carbonyl (C=O) groups is 1. The van der Waals surface area contributed by atoms with Crippen LogP contribution in [-0.4, -0.2) is 47.2 Å². The Morgan fingerprint density at radius 2 is 1.67 bits per heavy atom. The SMILES string of the molecule is O=C(c1cc(-c2ccccc2Cl)n[nH]1)N1CCN(c2ccc(Cl)cc2)CC1. The maximum Gasteiger partial charge on any atom is 0.272 e. The first-order valence-electron chi connectivity index (χ1n) is 8.72. The van der Waals surface area contributed by atoms with Gasteiger partial charge in [0.2, 0.25) is 0 Å². The molecule has 2 aromatic carbocycles. The minimum absolute atomic E-state index is 0.0449. The van der Waals surface area contributed by atoms with Gasteiger partial charge in [-0.1, -0.05) is 41.4 Å². The lowest BCUT2D eigenvalue weighted by Crippen LogP contribution is -2.48. The van der Waals surface area contributed by atoms with Crippen molar-refractivity contribution in [1.82, 2.24) is 15.1 Å². The number of piperazine rings is 1. The van der Waals surface area contributed by atoms with Crippen molar-refractivity contribution >= 4 is 34.8 Å². The summed E-state index contributed by atoms with van der Waals surface area (Å²) in [5.41, 5.74) is 3.07. The number of amides is 1. The van der Waals surface area contributed by atoms with Crippen LogP contribution in [0, 0.1) is 0 Å². The van der Waals surface area contributed by atoms with Crippen LogP contribution in [0.25, 0.3) is 11.3 Å². The number of anilines is 1. The van der Waals surface area contributed by atoms with E-state index < -0.39 is 0 Å². The number of rotatable bonds is 3. The minimum Gasteiger partial charge on any atom is -0.368 e. The van der Waals surface area contributed by atoms with Gasteiger partial charge in [0, 0.05) is 42.5 Å². The summed E-state index contributed by atoms with van der Waals surface area (Å²) in [6, 6.07) is 17.0. The molecule has 1 aliphatic heterocycles. The molecule has 2 heterocycles. The van der Waals surface area contributed by atoms with Crippen LogP contribution in [0.1, 0.15) is 10.5 Å². The minimum atomic E-state index is -0.0449. The lowest BCUT2D eigenvalue weighted by atomic mass is 10.1. The molecule has 27 heavy (non-hydrogen) atoms. The topological polar surface area (TPSA) is 52.2 Å². The molecule has 1 amide bonds. The van der Waals surface area contributed by atoms with Gasteiger partial charge < -0.3 is 9.80 Å². The second kappa shape index (κ2) is 7.62. The number of nitrogens with one attached hydrogen (secondary N) is 1. The predicted octanol–water partition coefficient (Wildman–Crippen LogP) is 4.35. The van der Waals surface area contributed by atoms with Crippen LogP contribution in [0.5, 0.6) is 0 Å². The van der Waals surface area contributed by atoms with Crippen molar-refractivity contribution in [3.05, 3.63) is 70.3 Å². The molecule has 5 nitrogen and oxygen atoms in total. The molecule has 7 heteroatoms. The molecule has 1 aliphatic rings. The van der Waals surface area contributed by atoms with E-state index in [9.17, 15) is 4.79 Å². The summed E-state index contributed by atoms with van der Waals surface area (Å²) >= 11 is 12.2. The van der Waals surface area contributed by atoms with Crippen LogP contribution in [0.15, 0.2) is 54.6 Å². The van der Waals surface area contributed by atoms with E-state index in [0.717, 1.165) is 29.4 Å². The molecule has 1 aromatic heterocycles. The van der Waals surface area contributed by atoms with Gasteiger partial charge in [-0.2, -0.15) is 5.10 Å². The van der Waals surface area contributed by atoms with Crippen LogP contribution < -0.4 is 4.90 Å². The fourth-order valence-electron chi connectivity index (χ4n) is 3.23. The number of halogens is 2. The zero-order valence-electron chi connectivity index (χ0n) is 14.5. The quantitative estimate of drug-likeness (QED) is 0.710. The fraction of sp³-hybridized carbons (Fsp3) is 0.200. The van der Waals surface area contributed by atoms with E-state index in [0.29, 0.717) is 29.5 Å². The van der Waals surface area contributed by atoms with Gasteiger partial charge in [-0.05, 0) is 36.4 Å². The molecule has 1 saturated heterocycles.